The molecule has 102 valence electrons. The fraction of sp³-hybridized carbons (Fsp3) is 0.125. The minimum atomic E-state index is -0.225. The molecular weight excluding hydrogens is 250 g/mol. The summed E-state index contributed by atoms with van der Waals surface area (Å²) in [5.74, 6) is -0.225. The maximum atomic E-state index is 12.1. The topological polar surface area (TPSA) is 57.2 Å². The number of aliphatic imine (C=N–C) groups is 1. The van der Waals surface area contributed by atoms with E-state index in [2.05, 4.69) is 34.7 Å². The van der Waals surface area contributed by atoms with Gasteiger partial charge >= 0.3 is 0 Å². The van der Waals surface area contributed by atoms with Gasteiger partial charge in [-0.15, -0.1) is 0 Å². The first kappa shape index (κ1) is 13.8. The van der Waals surface area contributed by atoms with E-state index in [0.717, 1.165) is 22.0 Å². The van der Waals surface area contributed by atoms with Gasteiger partial charge in [0.15, 0.2) is 0 Å². The maximum Gasteiger partial charge on any atom is 0.272 e. The van der Waals surface area contributed by atoms with E-state index in [1.54, 1.807) is 6.08 Å². The summed E-state index contributed by atoms with van der Waals surface area (Å²) in [5, 5.41) is 3.74. The van der Waals surface area contributed by atoms with Gasteiger partial charge in [0.25, 0.3) is 5.91 Å². The van der Waals surface area contributed by atoms with Gasteiger partial charge in [-0.05, 0) is 49.9 Å². The molecule has 1 aromatic carbocycles. The summed E-state index contributed by atoms with van der Waals surface area (Å²) >= 11 is 0. The molecule has 2 rings (SSSR count). The van der Waals surface area contributed by atoms with Gasteiger partial charge in [-0.1, -0.05) is 12.6 Å². The predicted molar refractivity (Wildman–Crippen MR) is 83.1 cm³/mol. The molecule has 0 saturated heterocycles. The molecule has 1 heterocycles. The minimum absolute atomic E-state index is 0.225. The first-order chi connectivity index (χ1) is 9.51. The molecule has 4 nitrogen and oxygen atoms in total. The van der Waals surface area contributed by atoms with Gasteiger partial charge in [0.2, 0.25) is 0 Å². The van der Waals surface area contributed by atoms with Crippen LogP contribution in [0, 0.1) is 13.8 Å². The highest BCUT2D eigenvalue weighted by Gasteiger charge is 2.11. The monoisotopic (exact) mass is 267 g/mol. The quantitative estimate of drug-likeness (QED) is 0.648. The molecule has 0 aliphatic heterocycles. The molecular formula is C16H17N3O. The number of aryl methyl sites for hydroxylation is 2. The zero-order chi connectivity index (χ0) is 14.7. The Morgan fingerprint density at radius 2 is 2.10 bits per heavy atom. The molecule has 4 heteroatoms. The van der Waals surface area contributed by atoms with E-state index in [1.807, 2.05) is 26.0 Å². The number of nitrogens with zero attached hydrogens (tertiary/aromatic N) is 1. The van der Waals surface area contributed by atoms with Crippen LogP contribution in [0.4, 0.5) is 0 Å². The summed E-state index contributed by atoms with van der Waals surface area (Å²) in [4.78, 5) is 18.8. The number of aromatic nitrogens is 1. The fourth-order valence-corrected chi connectivity index (χ4v) is 2.12. The Morgan fingerprint density at radius 3 is 2.80 bits per heavy atom. The van der Waals surface area contributed by atoms with Crippen molar-refractivity contribution in [3.05, 3.63) is 59.6 Å². The molecule has 1 aromatic heterocycles. The average Bonchev–Trinajstić information content (AvgIpc) is 2.80. The van der Waals surface area contributed by atoms with Gasteiger partial charge in [0.05, 0.1) is 0 Å². The molecule has 20 heavy (non-hydrogen) atoms. The maximum absolute atomic E-state index is 12.1. The molecule has 0 spiro atoms. The Hall–Kier alpha value is -2.62. The first-order valence-electron chi connectivity index (χ1n) is 6.24. The number of H-pyrrole nitrogens is 1. The lowest BCUT2D eigenvalue weighted by atomic mass is 10.1. The number of allylic oxidation sites excluding steroid dienone is 1. The Balaban J connectivity index is 2.27. The van der Waals surface area contributed by atoms with E-state index in [-0.39, 0.29) is 5.91 Å². The highest BCUT2D eigenvalue weighted by atomic mass is 16.1. The lowest BCUT2D eigenvalue weighted by molar-refractivity contribution is 0.0963. The fourth-order valence-electron chi connectivity index (χ4n) is 2.12. The van der Waals surface area contributed by atoms with E-state index in [9.17, 15) is 4.79 Å². The van der Waals surface area contributed by atoms with Crippen molar-refractivity contribution in [2.75, 3.05) is 0 Å². The third-order valence-electron chi connectivity index (χ3n) is 2.99. The van der Waals surface area contributed by atoms with Crippen LogP contribution in [0.25, 0.3) is 10.9 Å². The summed E-state index contributed by atoms with van der Waals surface area (Å²) < 4.78 is 0. The van der Waals surface area contributed by atoms with Crippen molar-refractivity contribution in [2.24, 2.45) is 4.99 Å². The van der Waals surface area contributed by atoms with Gasteiger partial charge in [0, 0.05) is 22.8 Å². The van der Waals surface area contributed by atoms with Crippen LogP contribution < -0.4 is 5.32 Å². The molecule has 0 radical (unpaired) electrons. The van der Waals surface area contributed by atoms with E-state index in [0.29, 0.717) is 11.4 Å². The van der Waals surface area contributed by atoms with Crippen LogP contribution in [0.15, 0.2) is 47.7 Å². The number of benzene rings is 1. The Labute approximate surface area is 117 Å². The van der Waals surface area contributed by atoms with E-state index < -0.39 is 0 Å². The van der Waals surface area contributed by atoms with Gasteiger partial charge in [-0.25, -0.2) is 0 Å². The number of fused-ring (bicyclic) bond motifs is 1. The van der Waals surface area contributed by atoms with Gasteiger partial charge in [-0.2, -0.15) is 0 Å². The molecule has 0 atom stereocenters. The molecule has 0 unspecified atom stereocenters. The predicted octanol–water partition coefficient (Wildman–Crippen LogP) is 3.24. The van der Waals surface area contributed by atoms with E-state index in [1.165, 1.54) is 6.20 Å². The molecule has 1 amide bonds. The van der Waals surface area contributed by atoms with Crippen LogP contribution in [0.2, 0.25) is 0 Å². The van der Waals surface area contributed by atoms with Crippen LogP contribution in [0.3, 0.4) is 0 Å². The third kappa shape index (κ3) is 2.85. The molecule has 0 aliphatic rings. The Kier molecular flexibility index (Phi) is 3.84. The Morgan fingerprint density at radius 1 is 1.35 bits per heavy atom. The zero-order valence-corrected chi connectivity index (χ0v) is 11.7. The Bertz CT molecular complexity index is 723. The number of hydrogen-bond donors (Lipinski definition) is 2. The van der Waals surface area contributed by atoms with E-state index >= 15 is 0 Å². The lowest BCUT2D eigenvalue weighted by Gasteiger charge is -2.01. The van der Waals surface area contributed by atoms with Gasteiger partial charge < -0.3 is 10.3 Å². The SMILES string of the molecule is C=N/C=C\C(=C)NC(=O)c1cc2c(C)cc(C)cc2[nH]1. The highest BCUT2D eigenvalue weighted by Crippen LogP contribution is 2.21. The molecule has 0 saturated carbocycles. The second-order valence-corrected chi connectivity index (χ2v) is 4.70. The summed E-state index contributed by atoms with van der Waals surface area (Å²) in [7, 11) is 0. The number of amides is 1. The number of hydrogen-bond acceptors (Lipinski definition) is 2. The van der Waals surface area contributed by atoms with Crippen molar-refractivity contribution in [3.63, 3.8) is 0 Å². The number of aromatic amines is 1. The first-order valence-corrected chi connectivity index (χ1v) is 6.24. The average molecular weight is 267 g/mol. The highest BCUT2D eigenvalue weighted by molar-refractivity contribution is 5.99. The standard InChI is InChI=1S/C16H17N3O/c1-10-7-11(2)13-9-15(19-14(13)8-10)16(20)18-12(3)5-6-17-4/h5-9,19H,3-4H2,1-2H3,(H,18,20)/b6-5-. The van der Waals surface area contributed by atoms with Crippen LogP contribution in [-0.4, -0.2) is 17.6 Å². The van der Waals surface area contributed by atoms with Gasteiger partial charge in [0.1, 0.15) is 5.69 Å². The summed E-state index contributed by atoms with van der Waals surface area (Å²) in [6, 6.07) is 5.97. The van der Waals surface area contributed by atoms with Crippen LogP contribution in [-0.2, 0) is 0 Å². The van der Waals surface area contributed by atoms with Crippen LogP contribution >= 0.6 is 0 Å². The van der Waals surface area contributed by atoms with Crippen LogP contribution in [0.1, 0.15) is 21.6 Å². The van der Waals surface area contributed by atoms with Crippen LogP contribution in [0.5, 0.6) is 0 Å². The van der Waals surface area contributed by atoms with Crippen molar-refractivity contribution in [1.82, 2.24) is 10.3 Å². The number of rotatable bonds is 4. The molecule has 2 N–H and O–H groups in total. The molecule has 0 bridgehead atoms. The van der Waals surface area contributed by atoms with Gasteiger partial charge in [-0.3, -0.25) is 9.79 Å². The number of carbonyl (C=O) groups excluding carboxylic acids is 1. The van der Waals surface area contributed by atoms with Crippen molar-refractivity contribution in [3.8, 4) is 0 Å². The van der Waals surface area contributed by atoms with Crippen molar-refractivity contribution in [2.45, 2.75) is 13.8 Å². The molecule has 0 fully saturated rings. The van der Waals surface area contributed by atoms with Crippen molar-refractivity contribution in [1.29, 1.82) is 0 Å². The summed E-state index contributed by atoms with van der Waals surface area (Å²) in [6.07, 6.45) is 3.06. The second kappa shape index (κ2) is 5.57. The van der Waals surface area contributed by atoms with Crippen molar-refractivity contribution >= 4 is 23.5 Å². The van der Waals surface area contributed by atoms with E-state index in [4.69, 9.17) is 0 Å². The lowest BCUT2D eigenvalue weighted by Crippen LogP contribution is -2.21. The molecule has 2 aromatic rings. The summed E-state index contributed by atoms with van der Waals surface area (Å²) in [6.45, 7) is 11.1. The van der Waals surface area contributed by atoms with Crippen molar-refractivity contribution < 1.29 is 4.79 Å². The largest absolute Gasteiger partial charge is 0.351 e. The normalized spacial score (nSPS) is 10.9. The molecule has 0 aliphatic carbocycles. The minimum Gasteiger partial charge on any atom is -0.351 e. The smallest absolute Gasteiger partial charge is 0.272 e. The second-order valence-electron chi connectivity index (χ2n) is 4.70. The zero-order valence-electron chi connectivity index (χ0n) is 11.7. The number of nitrogens with one attached hydrogen (secondary N) is 2. The third-order valence-corrected chi connectivity index (χ3v) is 2.99. The number of carbonyl (C=O) groups is 1. The summed E-state index contributed by atoms with van der Waals surface area (Å²) in [5.41, 5.74) is 4.24.